The van der Waals surface area contributed by atoms with Crippen LogP contribution in [0.3, 0.4) is 0 Å². The molecule has 0 aromatic carbocycles. The summed E-state index contributed by atoms with van der Waals surface area (Å²) in [6.07, 6.45) is 91.6. The molecule has 0 saturated heterocycles. The molecule has 0 saturated carbocycles. The van der Waals surface area contributed by atoms with E-state index in [9.17, 15) is 14.4 Å². The summed E-state index contributed by atoms with van der Waals surface area (Å²) in [4.78, 5) is 38.4. The van der Waals surface area contributed by atoms with Crippen LogP contribution in [-0.2, 0) is 28.6 Å². The number of carbonyl (C=O) groups is 3. The van der Waals surface area contributed by atoms with Crippen LogP contribution < -0.4 is 0 Å². The van der Waals surface area contributed by atoms with E-state index in [0.29, 0.717) is 19.3 Å². The normalized spacial score (nSPS) is 12.3. The number of ether oxygens (including phenoxy) is 3. The fourth-order valence-electron chi connectivity index (χ4n) is 11.3. The van der Waals surface area contributed by atoms with Gasteiger partial charge in [-0.15, -0.1) is 0 Å². The van der Waals surface area contributed by atoms with E-state index in [2.05, 4.69) is 69.4 Å². The topological polar surface area (TPSA) is 78.9 Å². The summed E-state index contributed by atoms with van der Waals surface area (Å²) in [5, 5.41) is 0. The number of unbranched alkanes of at least 4 members (excludes halogenated alkanes) is 50. The third-order valence-electron chi connectivity index (χ3n) is 16.8. The minimum absolute atomic E-state index is 0.0718. The van der Waals surface area contributed by atoms with Crippen LogP contribution in [0.15, 0.2) is 48.6 Å². The van der Waals surface area contributed by atoms with Crippen LogP contribution in [0, 0.1) is 0 Å². The first-order valence-electron chi connectivity index (χ1n) is 37.1. The first-order chi connectivity index (χ1) is 41.0. The molecule has 1 atom stereocenters. The quantitative estimate of drug-likeness (QED) is 0.0261. The number of rotatable bonds is 69. The van der Waals surface area contributed by atoms with Gasteiger partial charge >= 0.3 is 17.9 Å². The van der Waals surface area contributed by atoms with Gasteiger partial charge in [0.15, 0.2) is 6.10 Å². The number of esters is 3. The maximum atomic E-state index is 12.9. The Balaban J connectivity index is 4.14. The molecule has 83 heavy (non-hydrogen) atoms. The van der Waals surface area contributed by atoms with E-state index in [0.717, 1.165) is 83.5 Å². The summed E-state index contributed by atoms with van der Waals surface area (Å²) < 4.78 is 17.0. The van der Waals surface area contributed by atoms with Crippen molar-refractivity contribution in [2.24, 2.45) is 0 Å². The molecule has 0 bridgehead atoms. The Morgan fingerprint density at radius 1 is 0.253 bits per heavy atom. The predicted octanol–water partition coefficient (Wildman–Crippen LogP) is 25.7. The van der Waals surface area contributed by atoms with E-state index in [1.807, 2.05) is 0 Å². The van der Waals surface area contributed by atoms with E-state index in [4.69, 9.17) is 14.2 Å². The van der Waals surface area contributed by atoms with Gasteiger partial charge in [0.2, 0.25) is 0 Å². The molecule has 0 radical (unpaired) electrons. The van der Waals surface area contributed by atoms with Crippen molar-refractivity contribution in [2.45, 2.75) is 412 Å². The molecule has 0 fully saturated rings. The van der Waals surface area contributed by atoms with E-state index >= 15 is 0 Å². The summed E-state index contributed by atoms with van der Waals surface area (Å²) in [5.41, 5.74) is 0. The Bertz CT molecular complexity index is 1430. The first-order valence-corrected chi connectivity index (χ1v) is 37.1. The fourth-order valence-corrected chi connectivity index (χ4v) is 11.3. The van der Waals surface area contributed by atoms with Crippen LogP contribution in [0.4, 0.5) is 0 Å². The van der Waals surface area contributed by atoms with Gasteiger partial charge in [0.25, 0.3) is 0 Å². The van der Waals surface area contributed by atoms with E-state index < -0.39 is 6.10 Å². The number of carbonyl (C=O) groups excluding carboxylic acids is 3. The fraction of sp³-hybridized carbons (Fsp3) is 0.857. The molecule has 0 amide bonds. The van der Waals surface area contributed by atoms with Crippen molar-refractivity contribution < 1.29 is 28.6 Å². The van der Waals surface area contributed by atoms with Crippen molar-refractivity contribution in [3.05, 3.63) is 48.6 Å². The van der Waals surface area contributed by atoms with Gasteiger partial charge in [-0.25, -0.2) is 0 Å². The molecule has 1 unspecified atom stereocenters. The molecule has 0 heterocycles. The second-order valence-corrected chi connectivity index (χ2v) is 25.2. The second kappa shape index (κ2) is 71.8. The molecule has 6 nitrogen and oxygen atoms in total. The van der Waals surface area contributed by atoms with Gasteiger partial charge < -0.3 is 14.2 Å². The Morgan fingerprint density at radius 2 is 0.470 bits per heavy atom. The number of allylic oxidation sites excluding steroid dienone is 8. The van der Waals surface area contributed by atoms with Gasteiger partial charge in [-0.3, -0.25) is 14.4 Å². The molecule has 0 aromatic rings. The van der Waals surface area contributed by atoms with Gasteiger partial charge in [0.1, 0.15) is 13.2 Å². The summed E-state index contributed by atoms with van der Waals surface area (Å²) in [6.45, 7) is 6.59. The zero-order valence-electron chi connectivity index (χ0n) is 56.0. The van der Waals surface area contributed by atoms with Crippen LogP contribution in [0.1, 0.15) is 406 Å². The lowest BCUT2D eigenvalue weighted by Crippen LogP contribution is -2.30. The van der Waals surface area contributed by atoms with Gasteiger partial charge in [-0.2, -0.15) is 0 Å². The Kier molecular flexibility index (Phi) is 69.6. The predicted molar refractivity (Wildman–Crippen MR) is 362 cm³/mol. The third kappa shape index (κ3) is 70.0. The van der Waals surface area contributed by atoms with Crippen LogP contribution in [-0.4, -0.2) is 37.2 Å². The molecule has 0 aliphatic rings. The van der Waals surface area contributed by atoms with Gasteiger partial charge in [0, 0.05) is 19.3 Å². The summed E-state index contributed by atoms with van der Waals surface area (Å²) >= 11 is 0. The van der Waals surface area contributed by atoms with Gasteiger partial charge in [0.05, 0.1) is 0 Å². The molecule has 0 rings (SSSR count). The highest BCUT2D eigenvalue weighted by molar-refractivity contribution is 5.71. The van der Waals surface area contributed by atoms with Gasteiger partial charge in [-0.1, -0.05) is 358 Å². The smallest absolute Gasteiger partial charge is 0.306 e. The summed E-state index contributed by atoms with van der Waals surface area (Å²) in [5.74, 6) is -0.853. The molecule has 0 spiro atoms. The Hall–Kier alpha value is -2.63. The maximum absolute atomic E-state index is 12.9. The average molecular weight is 1160 g/mol. The average Bonchev–Trinajstić information content (AvgIpc) is 3.49. The largest absolute Gasteiger partial charge is 0.462 e. The lowest BCUT2D eigenvalue weighted by molar-refractivity contribution is -0.167. The van der Waals surface area contributed by atoms with Crippen LogP contribution >= 0.6 is 0 Å². The van der Waals surface area contributed by atoms with E-state index in [1.165, 1.54) is 283 Å². The molecule has 0 aliphatic carbocycles. The lowest BCUT2D eigenvalue weighted by atomic mass is 10.0. The van der Waals surface area contributed by atoms with Crippen LogP contribution in [0.5, 0.6) is 0 Å². The lowest BCUT2D eigenvalue weighted by Gasteiger charge is -2.18. The molecular weight excluding hydrogens is 1020 g/mol. The second-order valence-electron chi connectivity index (χ2n) is 25.2. The zero-order valence-corrected chi connectivity index (χ0v) is 56.0. The SMILES string of the molecule is CC/C=C\C/C=C\C/C=C\CCCCCCCCCC(=O)OC(COC(=O)CCCCCCCCCCCCCCCCC)COC(=O)CCCCCCCCCCCCCCCCCCCCCCC/C=C\CCCCCCCCCC. The van der Waals surface area contributed by atoms with Crippen molar-refractivity contribution >= 4 is 17.9 Å². The summed E-state index contributed by atoms with van der Waals surface area (Å²) in [6, 6.07) is 0. The van der Waals surface area contributed by atoms with E-state index in [1.54, 1.807) is 0 Å². The third-order valence-corrected chi connectivity index (χ3v) is 16.8. The van der Waals surface area contributed by atoms with E-state index in [-0.39, 0.29) is 31.1 Å². The number of hydrogen-bond acceptors (Lipinski definition) is 6. The zero-order chi connectivity index (χ0) is 59.9. The highest BCUT2D eigenvalue weighted by atomic mass is 16.6. The summed E-state index contributed by atoms with van der Waals surface area (Å²) in [7, 11) is 0. The van der Waals surface area contributed by atoms with Crippen molar-refractivity contribution in [2.75, 3.05) is 13.2 Å². The van der Waals surface area contributed by atoms with Crippen LogP contribution in [0.25, 0.3) is 0 Å². The van der Waals surface area contributed by atoms with Crippen LogP contribution in [0.2, 0.25) is 0 Å². The Labute approximate surface area is 518 Å². The van der Waals surface area contributed by atoms with Crippen molar-refractivity contribution in [1.29, 1.82) is 0 Å². The molecule has 0 N–H and O–H groups in total. The minimum Gasteiger partial charge on any atom is -0.462 e. The molecule has 6 heteroatoms. The van der Waals surface area contributed by atoms with Crippen molar-refractivity contribution in [3.63, 3.8) is 0 Å². The molecular formula is C77H142O6. The maximum Gasteiger partial charge on any atom is 0.306 e. The van der Waals surface area contributed by atoms with Crippen molar-refractivity contribution in [1.82, 2.24) is 0 Å². The highest BCUT2D eigenvalue weighted by Crippen LogP contribution is 2.19. The molecule has 0 aromatic heterocycles. The minimum atomic E-state index is -0.777. The number of hydrogen-bond donors (Lipinski definition) is 0. The monoisotopic (exact) mass is 1160 g/mol. The highest BCUT2D eigenvalue weighted by Gasteiger charge is 2.20. The molecule has 486 valence electrons. The standard InChI is InChI=1S/C77H142O6/c1-4-7-10-13-16-19-22-25-28-30-31-32-33-34-35-36-37-38-39-40-41-42-43-44-45-47-49-52-55-58-61-64-67-70-76(79)82-73-74(72-81-75(78)69-66-63-60-57-54-51-48-27-24-21-18-15-12-9-6-3)83-77(80)71-68-65-62-59-56-53-50-46-29-26-23-20-17-14-11-8-5-2/h8,11,17,20,26,29-31,74H,4-7,9-10,12-16,18-19,21-25,27-28,32-73H2,1-3H3/b11-8-,20-17-,29-26-,31-30-. The van der Waals surface area contributed by atoms with Crippen molar-refractivity contribution in [3.8, 4) is 0 Å². The first kappa shape index (κ1) is 80.4. The molecule has 0 aliphatic heterocycles. The Morgan fingerprint density at radius 3 is 0.747 bits per heavy atom. The van der Waals surface area contributed by atoms with Gasteiger partial charge in [-0.05, 0) is 77.0 Å².